The van der Waals surface area contributed by atoms with Crippen molar-refractivity contribution in [1.29, 1.82) is 0 Å². The largest absolute Gasteiger partial charge is 0.376 e. The van der Waals surface area contributed by atoms with Crippen molar-refractivity contribution in [2.24, 2.45) is 0 Å². The zero-order chi connectivity index (χ0) is 15.1. The van der Waals surface area contributed by atoms with E-state index in [2.05, 4.69) is 10.6 Å². The number of anilines is 1. The van der Waals surface area contributed by atoms with Crippen LogP contribution in [0.3, 0.4) is 0 Å². The molecule has 0 saturated heterocycles. The Morgan fingerprint density at radius 2 is 1.81 bits per heavy atom. The molecule has 21 heavy (non-hydrogen) atoms. The Hall–Kier alpha value is -1.71. The Balaban J connectivity index is 1.72. The van der Waals surface area contributed by atoms with E-state index in [1.54, 1.807) is 12.1 Å². The lowest BCUT2D eigenvalue weighted by molar-refractivity contribution is -0.119. The van der Waals surface area contributed by atoms with Crippen molar-refractivity contribution in [3.05, 3.63) is 64.1 Å². The maximum Gasteiger partial charge on any atom is 0.239 e. The van der Waals surface area contributed by atoms with Crippen LogP contribution in [0, 0.1) is 0 Å². The highest BCUT2D eigenvalue weighted by Crippen LogP contribution is 2.20. The molecule has 5 heteroatoms. The van der Waals surface area contributed by atoms with E-state index < -0.39 is 0 Å². The highest BCUT2D eigenvalue weighted by atomic mass is 35.5. The molecule has 0 aromatic heterocycles. The number of carbonyl (C=O) groups is 1. The van der Waals surface area contributed by atoms with Gasteiger partial charge in [0.2, 0.25) is 5.91 Å². The van der Waals surface area contributed by atoms with Crippen LogP contribution in [0.5, 0.6) is 0 Å². The van der Waals surface area contributed by atoms with E-state index in [4.69, 9.17) is 23.2 Å². The summed E-state index contributed by atoms with van der Waals surface area (Å²) >= 11 is 11.9. The molecule has 0 fully saturated rings. The lowest BCUT2D eigenvalue weighted by Gasteiger charge is -2.08. The predicted octanol–water partition coefficient (Wildman–Crippen LogP) is 3.76. The summed E-state index contributed by atoms with van der Waals surface area (Å²) in [5.74, 6) is -0.0519. The van der Waals surface area contributed by atoms with Gasteiger partial charge >= 0.3 is 0 Å². The quantitative estimate of drug-likeness (QED) is 0.850. The summed E-state index contributed by atoms with van der Waals surface area (Å²) in [4.78, 5) is 11.7. The Morgan fingerprint density at radius 1 is 1.05 bits per heavy atom. The molecule has 0 aliphatic carbocycles. The summed E-state index contributed by atoms with van der Waals surface area (Å²) in [5.41, 5.74) is 1.89. The third-order valence-corrected chi connectivity index (χ3v) is 3.55. The van der Waals surface area contributed by atoms with Gasteiger partial charge in [-0.2, -0.15) is 0 Å². The molecule has 1 amide bonds. The maximum atomic E-state index is 11.7. The second-order valence-electron chi connectivity index (χ2n) is 4.56. The average Bonchev–Trinajstić information content (AvgIpc) is 2.48. The normalized spacial score (nSPS) is 10.2. The minimum Gasteiger partial charge on any atom is -0.376 e. The fourth-order valence-electron chi connectivity index (χ4n) is 1.86. The van der Waals surface area contributed by atoms with Crippen molar-refractivity contribution < 1.29 is 4.79 Å². The van der Waals surface area contributed by atoms with Gasteiger partial charge in [-0.1, -0.05) is 47.5 Å². The highest BCUT2D eigenvalue weighted by Gasteiger charge is 2.03. The summed E-state index contributed by atoms with van der Waals surface area (Å²) < 4.78 is 0. The van der Waals surface area contributed by atoms with Crippen molar-refractivity contribution in [3.63, 3.8) is 0 Å². The van der Waals surface area contributed by atoms with Gasteiger partial charge in [0.25, 0.3) is 0 Å². The van der Waals surface area contributed by atoms with Crippen LogP contribution in [0.2, 0.25) is 10.0 Å². The molecule has 0 heterocycles. The summed E-state index contributed by atoms with van der Waals surface area (Å²) in [5, 5.41) is 7.14. The zero-order valence-corrected chi connectivity index (χ0v) is 12.9. The number of benzene rings is 2. The van der Waals surface area contributed by atoms with Crippen molar-refractivity contribution in [2.45, 2.75) is 6.42 Å². The SMILES string of the molecule is O=C(CNc1ccccc1)NCCc1ccc(Cl)cc1Cl. The van der Waals surface area contributed by atoms with Crippen LogP contribution in [0.25, 0.3) is 0 Å². The Bertz CT molecular complexity index is 602. The molecule has 0 spiro atoms. The number of nitrogens with one attached hydrogen (secondary N) is 2. The topological polar surface area (TPSA) is 41.1 Å². The molecule has 110 valence electrons. The molecule has 0 atom stereocenters. The number of para-hydroxylation sites is 1. The van der Waals surface area contributed by atoms with Crippen molar-refractivity contribution >= 4 is 34.8 Å². The lowest BCUT2D eigenvalue weighted by atomic mass is 10.1. The van der Waals surface area contributed by atoms with Gasteiger partial charge in [-0.3, -0.25) is 4.79 Å². The zero-order valence-electron chi connectivity index (χ0n) is 11.4. The van der Waals surface area contributed by atoms with E-state index in [1.165, 1.54) is 0 Å². The molecule has 0 aliphatic heterocycles. The molecule has 0 radical (unpaired) electrons. The summed E-state index contributed by atoms with van der Waals surface area (Å²) in [7, 11) is 0. The molecule has 3 nitrogen and oxygen atoms in total. The van der Waals surface area contributed by atoms with Crippen molar-refractivity contribution in [1.82, 2.24) is 5.32 Å². The van der Waals surface area contributed by atoms with Gasteiger partial charge in [0.1, 0.15) is 0 Å². The van der Waals surface area contributed by atoms with Crippen LogP contribution in [-0.2, 0) is 11.2 Å². The second-order valence-corrected chi connectivity index (χ2v) is 5.40. The van der Waals surface area contributed by atoms with E-state index in [-0.39, 0.29) is 12.5 Å². The van der Waals surface area contributed by atoms with E-state index in [0.29, 0.717) is 23.0 Å². The van der Waals surface area contributed by atoms with E-state index >= 15 is 0 Å². The van der Waals surface area contributed by atoms with Crippen LogP contribution in [0.1, 0.15) is 5.56 Å². The van der Waals surface area contributed by atoms with Crippen molar-refractivity contribution in [3.8, 4) is 0 Å². The Labute approximate surface area is 134 Å². The van der Waals surface area contributed by atoms with Gasteiger partial charge in [0, 0.05) is 22.3 Å². The van der Waals surface area contributed by atoms with Gasteiger partial charge in [0.15, 0.2) is 0 Å². The highest BCUT2D eigenvalue weighted by molar-refractivity contribution is 6.35. The smallest absolute Gasteiger partial charge is 0.239 e. The van der Waals surface area contributed by atoms with Crippen LogP contribution in [-0.4, -0.2) is 19.0 Å². The van der Waals surface area contributed by atoms with Crippen LogP contribution in [0.15, 0.2) is 48.5 Å². The predicted molar refractivity (Wildman–Crippen MR) is 88.1 cm³/mol. The molecule has 2 N–H and O–H groups in total. The molecular formula is C16H16Cl2N2O. The average molecular weight is 323 g/mol. The number of halogens is 2. The number of hydrogen-bond acceptors (Lipinski definition) is 2. The first-order valence-electron chi connectivity index (χ1n) is 6.65. The molecule has 2 aromatic rings. The Morgan fingerprint density at radius 3 is 2.52 bits per heavy atom. The molecule has 2 rings (SSSR count). The number of hydrogen-bond donors (Lipinski definition) is 2. The molecule has 0 bridgehead atoms. The molecule has 0 saturated carbocycles. The van der Waals surface area contributed by atoms with Crippen molar-refractivity contribution in [2.75, 3.05) is 18.4 Å². The van der Waals surface area contributed by atoms with Gasteiger partial charge < -0.3 is 10.6 Å². The number of rotatable bonds is 6. The fraction of sp³-hybridized carbons (Fsp3) is 0.188. The van der Waals surface area contributed by atoms with Crippen LogP contribution in [0.4, 0.5) is 5.69 Å². The maximum absolute atomic E-state index is 11.7. The van der Waals surface area contributed by atoms with E-state index in [0.717, 1.165) is 11.3 Å². The number of carbonyl (C=O) groups excluding carboxylic acids is 1. The first-order valence-corrected chi connectivity index (χ1v) is 7.40. The first kappa shape index (κ1) is 15.7. The fourth-order valence-corrected chi connectivity index (χ4v) is 2.36. The first-order chi connectivity index (χ1) is 10.1. The minimum atomic E-state index is -0.0519. The Kier molecular flexibility index (Phi) is 5.90. The number of amides is 1. The summed E-state index contributed by atoms with van der Waals surface area (Å²) in [6.45, 7) is 0.787. The van der Waals surface area contributed by atoms with Crippen LogP contribution < -0.4 is 10.6 Å². The van der Waals surface area contributed by atoms with E-state index in [9.17, 15) is 4.79 Å². The third-order valence-electron chi connectivity index (χ3n) is 2.96. The summed E-state index contributed by atoms with van der Waals surface area (Å²) in [6.07, 6.45) is 0.674. The standard InChI is InChI=1S/C16H16Cl2N2O/c17-13-7-6-12(15(18)10-13)8-9-19-16(21)11-20-14-4-2-1-3-5-14/h1-7,10,20H,8-9,11H2,(H,19,21). The molecular weight excluding hydrogens is 307 g/mol. The molecule has 2 aromatic carbocycles. The lowest BCUT2D eigenvalue weighted by Crippen LogP contribution is -2.31. The van der Waals surface area contributed by atoms with Gasteiger partial charge in [-0.25, -0.2) is 0 Å². The van der Waals surface area contributed by atoms with E-state index in [1.807, 2.05) is 36.4 Å². The third kappa shape index (κ3) is 5.29. The molecule has 0 unspecified atom stereocenters. The minimum absolute atomic E-state index is 0.0519. The summed E-state index contributed by atoms with van der Waals surface area (Å²) in [6, 6.07) is 15.0. The van der Waals surface area contributed by atoms with Gasteiger partial charge in [-0.15, -0.1) is 0 Å². The molecule has 0 aliphatic rings. The van der Waals surface area contributed by atoms with Gasteiger partial charge in [0.05, 0.1) is 6.54 Å². The van der Waals surface area contributed by atoms with Gasteiger partial charge in [-0.05, 0) is 36.2 Å². The van der Waals surface area contributed by atoms with Crippen LogP contribution >= 0.6 is 23.2 Å². The monoisotopic (exact) mass is 322 g/mol. The second kappa shape index (κ2) is 7.91.